The van der Waals surface area contributed by atoms with Crippen molar-refractivity contribution in [2.75, 3.05) is 7.05 Å². The quantitative estimate of drug-likeness (QED) is 0.601. The van der Waals surface area contributed by atoms with Crippen LogP contribution in [-0.4, -0.2) is 28.1 Å². The summed E-state index contributed by atoms with van der Waals surface area (Å²) in [5.74, 6) is 0. The first-order valence-electron chi connectivity index (χ1n) is 7.68. The maximum Gasteiger partial charge on any atom is 0.213 e. The van der Waals surface area contributed by atoms with Crippen LogP contribution in [0.25, 0.3) is 5.57 Å². The van der Waals surface area contributed by atoms with Crippen molar-refractivity contribution in [2.45, 2.75) is 26.8 Å². The SMILES string of the molecule is C/C=C\C(=C/N(C)C=O)c1cnn(C(C)c2ccccc2C)c1. The van der Waals surface area contributed by atoms with E-state index in [0.29, 0.717) is 0 Å². The summed E-state index contributed by atoms with van der Waals surface area (Å²) in [6, 6.07) is 8.49. The first-order valence-corrected chi connectivity index (χ1v) is 7.68. The number of hydrogen-bond acceptors (Lipinski definition) is 2. The monoisotopic (exact) mass is 309 g/mol. The molecule has 4 heteroatoms. The molecule has 0 spiro atoms. The molecule has 1 amide bonds. The van der Waals surface area contributed by atoms with Gasteiger partial charge in [0.25, 0.3) is 0 Å². The van der Waals surface area contributed by atoms with Gasteiger partial charge in [0.1, 0.15) is 0 Å². The van der Waals surface area contributed by atoms with Crippen LogP contribution < -0.4 is 0 Å². The fraction of sp³-hybridized carbons (Fsp3) is 0.263. The molecule has 0 aliphatic rings. The number of benzene rings is 1. The minimum Gasteiger partial charge on any atom is -0.324 e. The second-order valence-electron chi connectivity index (χ2n) is 5.60. The van der Waals surface area contributed by atoms with Crippen molar-refractivity contribution in [2.24, 2.45) is 0 Å². The number of allylic oxidation sites excluding steroid dienone is 3. The van der Waals surface area contributed by atoms with E-state index in [-0.39, 0.29) is 6.04 Å². The maximum absolute atomic E-state index is 10.8. The molecule has 0 saturated heterocycles. The normalized spacial score (nSPS) is 13.3. The van der Waals surface area contributed by atoms with Gasteiger partial charge in [0.05, 0.1) is 12.2 Å². The predicted molar refractivity (Wildman–Crippen MR) is 93.8 cm³/mol. The Bertz CT molecular complexity index is 728. The van der Waals surface area contributed by atoms with Gasteiger partial charge in [-0.15, -0.1) is 0 Å². The zero-order chi connectivity index (χ0) is 16.8. The van der Waals surface area contributed by atoms with Crippen LogP contribution in [0.15, 0.2) is 55.0 Å². The number of amides is 1. The Morgan fingerprint density at radius 3 is 2.74 bits per heavy atom. The molecule has 23 heavy (non-hydrogen) atoms. The van der Waals surface area contributed by atoms with Gasteiger partial charge in [0.2, 0.25) is 6.41 Å². The Morgan fingerprint density at radius 2 is 2.09 bits per heavy atom. The molecule has 0 aliphatic heterocycles. The van der Waals surface area contributed by atoms with Crippen LogP contribution in [0.1, 0.15) is 36.6 Å². The van der Waals surface area contributed by atoms with Gasteiger partial charge in [-0.3, -0.25) is 9.48 Å². The van der Waals surface area contributed by atoms with Crippen molar-refractivity contribution < 1.29 is 4.79 Å². The summed E-state index contributed by atoms with van der Waals surface area (Å²) >= 11 is 0. The molecule has 2 rings (SSSR count). The van der Waals surface area contributed by atoms with Gasteiger partial charge in [-0.1, -0.05) is 36.4 Å². The Kier molecular flexibility index (Phi) is 5.52. The molecule has 0 aliphatic carbocycles. The highest BCUT2D eigenvalue weighted by Crippen LogP contribution is 2.23. The lowest BCUT2D eigenvalue weighted by atomic mass is 10.0. The molecular weight excluding hydrogens is 286 g/mol. The van der Waals surface area contributed by atoms with Crippen molar-refractivity contribution >= 4 is 12.0 Å². The van der Waals surface area contributed by atoms with Crippen LogP contribution >= 0.6 is 0 Å². The molecule has 0 N–H and O–H groups in total. The highest BCUT2D eigenvalue weighted by atomic mass is 16.1. The fourth-order valence-corrected chi connectivity index (χ4v) is 2.54. The number of aromatic nitrogens is 2. The lowest BCUT2D eigenvalue weighted by Gasteiger charge is -2.15. The summed E-state index contributed by atoms with van der Waals surface area (Å²) in [5.41, 5.74) is 4.44. The number of nitrogens with zero attached hydrogens (tertiary/aromatic N) is 3. The van der Waals surface area contributed by atoms with Crippen molar-refractivity contribution in [1.29, 1.82) is 0 Å². The Morgan fingerprint density at radius 1 is 1.35 bits per heavy atom. The summed E-state index contributed by atoms with van der Waals surface area (Å²) in [6.07, 6.45) is 10.4. The molecular formula is C19H23N3O. The van der Waals surface area contributed by atoms with Crippen molar-refractivity contribution in [3.8, 4) is 0 Å². The lowest BCUT2D eigenvalue weighted by molar-refractivity contribution is -0.114. The zero-order valence-electron chi connectivity index (χ0n) is 14.1. The Balaban J connectivity index is 2.34. The van der Waals surface area contributed by atoms with Gasteiger partial charge in [-0.05, 0) is 31.9 Å². The van der Waals surface area contributed by atoms with Crippen LogP contribution in [0.4, 0.5) is 0 Å². The summed E-state index contributed by atoms with van der Waals surface area (Å²) in [4.78, 5) is 12.3. The van der Waals surface area contributed by atoms with E-state index in [0.717, 1.165) is 17.5 Å². The van der Waals surface area contributed by atoms with Crippen LogP contribution in [0.5, 0.6) is 0 Å². The summed E-state index contributed by atoms with van der Waals surface area (Å²) < 4.78 is 1.95. The highest BCUT2D eigenvalue weighted by molar-refractivity contribution is 5.74. The van der Waals surface area contributed by atoms with Gasteiger partial charge in [-0.25, -0.2) is 0 Å². The molecule has 0 saturated carbocycles. The van der Waals surface area contributed by atoms with Gasteiger partial charge >= 0.3 is 0 Å². The van der Waals surface area contributed by atoms with Gasteiger partial charge < -0.3 is 4.90 Å². The van der Waals surface area contributed by atoms with E-state index in [1.54, 1.807) is 13.2 Å². The van der Waals surface area contributed by atoms with E-state index in [1.165, 1.54) is 16.0 Å². The molecule has 1 aromatic heterocycles. The van der Waals surface area contributed by atoms with Gasteiger partial charge in [-0.2, -0.15) is 5.10 Å². The second-order valence-corrected chi connectivity index (χ2v) is 5.60. The maximum atomic E-state index is 10.8. The number of carbonyl (C=O) groups is 1. The third-order valence-electron chi connectivity index (χ3n) is 3.83. The summed E-state index contributed by atoms with van der Waals surface area (Å²) in [6.45, 7) is 6.20. The second kappa shape index (κ2) is 7.58. The molecule has 0 bridgehead atoms. The summed E-state index contributed by atoms with van der Waals surface area (Å²) in [7, 11) is 1.72. The van der Waals surface area contributed by atoms with E-state index >= 15 is 0 Å². The third-order valence-corrected chi connectivity index (χ3v) is 3.83. The summed E-state index contributed by atoms with van der Waals surface area (Å²) in [5, 5.41) is 4.50. The average Bonchev–Trinajstić information content (AvgIpc) is 3.04. The standard InChI is InChI=1S/C19H23N3O/c1-5-8-17(12-21(4)14-23)18-11-20-22(13-18)16(3)19-10-7-6-9-15(19)2/h5-14,16H,1-4H3/b8-5-,17-12+. The number of hydrogen-bond donors (Lipinski definition) is 0. The van der Waals surface area contributed by atoms with Crippen molar-refractivity contribution in [3.63, 3.8) is 0 Å². The van der Waals surface area contributed by atoms with Crippen molar-refractivity contribution in [1.82, 2.24) is 14.7 Å². The van der Waals surface area contributed by atoms with E-state index in [9.17, 15) is 4.79 Å². The molecule has 0 fully saturated rings. The molecule has 4 nitrogen and oxygen atoms in total. The first-order chi connectivity index (χ1) is 11.1. The molecule has 2 aromatic rings. The molecule has 1 unspecified atom stereocenters. The fourth-order valence-electron chi connectivity index (χ4n) is 2.54. The molecule has 1 aromatic carbocycles. The largest absolute Gasteiger partial charge is 0.324 e. The topological polar surface area (TPSA) is 38.1 Å². The van der Waals surface area contributed by atoms with Crippen LogP contribution in [0.2, 0.25) is 0 Å². The highest BCUT2D eigenvalue weighted by Gasteiger charge is 2.12. The van der Waals surface area contributed by atoms with Crippen LogP contribution in [-0.2, 0) is 4.79 Å². The van der Waals surface area contributed by atoms with E-state index in [4.69, 9.17) is 0 Å². The number of rotatable bonds is 6. The zero-order valence-corrected chi connectivity index (χ0v) is 14.1. The molecule has 0 radical (unpaired) electrons. The number of aryl methyl sites for hydroxylation is 1. The van der Waals surface area contributed by atoms with Crippen molar-refractivity contribution in [3.05, 3.63) is 71.7 Å². The minimum atomic E-state index is 0.153. The average molecular weight is 309 g/mol. The van der Waals surface area contributed by atoms with Gasteiger partial charge in [0.15, 0.2) is 0 Å². The Labute approximate surface area is 137 Å². The third kappa shape index (κ3) is 3.97. The molecule has 1 heterocycles. The van der Waals surface area contributed by atoms with E-state index in [1.807, 2.05) is 48.3 Å². The molecule has 1 atom stereocenters. The number of carbonyl (C=O) groups excluding carboxylic acids is 1. The lowest BCUT2D eigenvalue weighted by Crippen LogP contribution is -2.08. The van der Waals surface area contributed by atoms with Crippen LogP contribution in [0, 0.1) is 6.92 Å². The van der Waals surface area contributed by atoms with E-state index in [2.05, 4.69) is 31.1 Å². The Hall–Kier alpha value is -2.62. The first kappa shape index (κ1) is 16.7. The van der Waals surface area contributed by atoms with Gasteiger partial charge in [0, 0.05) is 30.6 Å². The van der Waals surface area contributed by atoms with Crippen LogP contribution in [0.3, 0.4) is 0 Å². The molecule has 120 valence electrons. The smallest absolute Gasteiger partial charge is 0.213 e. The minimum absolute atomic E-state index is 0.153. The predicted octanol–water partition coefficient (Wildman–Crippen LogP) is 3.81. The van der Waals surface area contributed by atoms with E-state index < -0.39 is 0 Å².